The zero-order chi connectivity index (χ0) is 10.8. The van der Waals surface area contributed by atoms with Crippen LogP contribution in [0.15, 0.2) is 0 Å². The van der Waals surface area contributed by atoms with Crippen LogP contribution < -0.4 is 11.1 Å². The Morgan fingerprint density at radius 1 is 1.57 bits per heavy atom. The minimum atomic E-state index is -0.705. The molecule has 3 N–H and O–H groups in total. The van der Waals surface area contributed by atoms with E-state index in [1.165, 1.54) is 7.11 Å². The maximum absolute atomic E-state index is 11.5. The van der Waals surface area contributed by atoms with Gasteiger partial charge >= 0.3 is 5.97 Å². The van der Waals surface area contributed by atoms with E-state index >= 15 is 0 Å². The van der Waals surface area contributed by atoms with Crippen molar-refractivity contribution >= 4 is 29.1 Å². The molecule has 0 heterocycles. The molecule has 0 aromatic heterocycles. The highest BCUT2D eigenvalue weighted by Crippen LogP contribution is 2.46. The van der Waals surface area contributed by atoms with Crippen molar-refractivity contribution in [1.82, 2.24) is 5.32 Å². The van der Waals surface area contributed by atoms with Crippen molar-refractivity contribution in [3.05, 3.63) is 0 Å². The standard InChI is InChI=1S/C8H12N2O3S/c1-13-5(11)4-10-7(12)8(2-3-8)6(9)14/h2-4H2,1H3,(H2,9,14)(H,10,12). The first-order valence-corrected chi connectivity index (χ1v) is 4.59. The quantitative estimate of drug-likeness (QED) is 0.481. The summed E-state index contributed by atoms with van der Waals surface area (Å²) in [6.07, 6.45) is 1.32. The molecule has 0 bridgehead atoms. The summed E-state index contributed by atoms with van der Waals surface area (Å²) in [4.78, 5) is 22.4. The summed E-state index contributed by atoms with van der Waals surface area (Å²) in [6, 6.07) is 0. The molecule has 0 saturated heterocycles. The molecule has 0 atom stereocenters. The van der Waals surface area contributed by atoms with E-state index in [0.29, 0.717) is 12.8 Å². The average Bonchev–Trinajstić information content (AvgIpc) is 2.94. The minimum Gasteiger partial charge on any atom is -0.468 e. The second kappa shape index (κ2) is 3.91. The lowest BCUT2D eigenvalue weighted by Crippen LogP contribution is -2.41. The van der Waals surface area contributed by atoms with Gasteiger partial charge in [0.05, 0.1) is 17.5 Å². The number of carbonyl (C=O) groups excluding carboxylic acids is 2. The maximum atomic E-state index is 11.5. The second-order valence-electron chi connectivity index (χ2n) is 3.21. The molecule has 0 aromatic rings. The van der Waals surface area contributed by atoms with Gasteiger partial charge in [0.2, 0.25) is 5.91 Å². The number of methoxy groups -OCH3 is 1. The molecular weight excluding hydrogens is 204 g/mol. The number of thiocarbonyl (C=S) groups is 1. The van der Waals surface area contributed by atoms with Gasteiger partial charge in [-0.3, -0.25) is 9.59 Å². The third-order valence-corrected chi connectivity index (χ3v) is 2.67. The Labute approximate surface area is 87.0 Å². The van der Waals surface area contributed by atoms with E-state index in [9.17, 15) is 9.59 Å². The van der Waals surface area contributed by atoms with Gasteiger partial charge in [-0.05, 0) is 12.8 Å². The number of ether oxygens (including phenoxy) is 1. The molecule has 1 rings (SSSR count). The molecule has 0 aliphatic heterocycles. The van der Waals surface area contributed by atoms with Crippen LogP contribution in [0.4, 0.5) is 0 Å². The van der Waals surface area contributed by atoms with Crippen LogP contribution in [0.1, 0.15) is 12.8 Å². The highest BCUT2D eigenvalue weighted by molar-refractivity contribution is 7.80. The Kier molecular flexibility index (Phi) is 3.05. The van der Waals surface area contributed by atoms with Crippen LogP contribution in [0.25, 0.3) is 0 Å². The SMILES string of the molecule is COC(=O)CNC(=O)C1(C(N)=S)CC1. The number of carbonyl (C=O) groups is 2. The molecule has 1 saturated carbocycles. The molecule has 14 heavy (non-hydrogen) atoms. The molecule has 1 fully saturated rings. The number of esters is 1. The topological polar surface area (TPSA) is 81.4 Å². The van der Waals surface area contributed by atoms with Gasteiger partial charge in [0, 0.05) is 0 Å². The molecule has 0 spiro atoms. The highest BCUT2D eigenvalue weighted by atomic mass is 32.1. The van der Waals surface area contributed by atoms with Crippen LogP contribution in [0.5, 0.6) is 0 Å². The molecule has 5 nitrogen and oxygen atoms in total. The fourth-order valence-electron chi connectivity index (χ4n) is 1.10. The van der Waals surface area contributed by atoms with E-state index in [-0.39, 0.29) is 17.4 Å². The fourth-order valence-corrected chi connectivity index (χ4v) is 1.40. The summed E-state index contributed by atoms with van der Waals surface area (Å²) in [5, 5.41) is 2.44. The molecule has 78 valence electrons. The smallest absolute Gasteiger partial charge is 0.325 e. The van der Waals surface area contributed by atoms with Gasteiger partial charge in [0.25, 0.3) is 0 Å². The highest BCUT2D eigenvalue weighted by Gasteiger charge is 2.52. The van der Waals surface area contributed by atoms with E-state index < -0.39 is 11.4 Å². The van der Waals surface area contributed by atoms with Crippen molar-refractivity contribution in [3.63, 3.8) is 0 Å². The van der Waals surface area contributed by atoms with Gasteiger partial charge in [-0.1, -0.05) is 12.2 Å². The van der Waals surface area contributed by atoms with Crippen LogP contribution in [0.3, 0.4) is 0 Å². The molecule has 1 amide bonds. The van der Waals surface area contributed by atoms with Crippen molar-refractivity contribution < 1.29 is 14.3 Å². The molecule has 0 radical (unpaired) electrons. The summed E-state index contributed by atoms with van der Waals surface area (Å²) >= 11 is 4.78. The van der Waals surface area contributed by atoms with Crippen molar-refractivity contribution in [2.45, 2.75) is 12.8 Å². The van der Waals surface area contributed by atoms with E-state index in [0.717, 1.165) is 0 Å². The number of hydrogen-bond donors (Lipinski definition) is 2. The number of hydrogen-bond acceptors (Lipinski definition) is 4. The average molecular weight is 216 g/mol. The first-order chi connectivity index (χ1) is 6.53. The first-order valence-electron chi connectivity index (χ1n) is 4.18. The van der Waals surface area contributed by atoms with Gasteiger partial charge in [-0.25, -0.2) is 0 Å². The predicted octanol–water partition coefficient (Wildman–Crippen LogP) is -0.658. The summed E-state index contributed by atoms with van der Waals surface area (Å²) in [7, 11) is 1.26. The van der Waals surface area contributed by atoms with Gasteiger partial charge in [-0.2, -0.15) is 0 Å². The lowest BCUT2D eigenvalue weighted by atomic mass is 10.1. The fraction of sp³-hybridized carbons (Fsp3) is 0.625. The Balaban J connectivity index is 2.43. The summed E-state index contributed by atoms with van der Waals surface area (Å²) in [6.45, 7) is -0.139. The zero-order valence-electron chi connectivity index (χ0n) is 7.83. The van der Waals surface area contributed by atoms with Crippen LogP contribution in [0.2, 0.25) is 0 Å². The number of nitrogens with two attached hydrogens (primary N) is 1. The summed E-state index contributed by atoms with van der Waals surface area (Å²) in [5.41, 5.74) is 4.72. The Morgan fingerprint density at radius 2 is 2.14 bits per heavy atom. The zero-order valence-corrected chi connectivity index (χ0v) is 8.65. The van der Waals surface area contributed by atoms with Crippen molar-refractivity contribution in [1.29, 1.82) is 0 Å². The third-order valence-electron chi connectivity index (χ3n) is 2.28. The third kappa shape index (κ3) is 2.01. The van der Waals surface area contributed by atoms with Gasteiger partial charge in [-0.15, -0.1) is 0 Å². The molecule has 0 aromatic carbocycles. The lowest BCUT2D eigenvalue weighted by Gasteiger charge is -2.12. The number of nitrogens with one attached hydrogen (secondary N) is 1. The molecule has 1 aliphatic rings. The van der Waals surface area contributed by atoms with Gasteiger partial charge in [0.1, 0.15) is 6.54 Å². The second-order valence-corrected chi connectivity index (χ2v) is 3.64. The summed E-state index contributed by atoms with van der Waals surface area (Å²) in [5.74, 6) is -0.771. The molecule has 6 heteroatoms. The number of rotatable bonds is 4. The normalized spacial score (nSPS) is 16.9. The van der Waals surface area contributed by atoms with Gasteiger partial charge in [0.15, 0.2) is 0 Å². The van der Waals surface area contributed by atoms with E-state index in [4.69, 9.17) is 18.0 Å². The first kappa shape index (κ1) is 10.9. The molecule has 0 unspecified atom stereocenters. The predicted molar refractivity (Wildman–Crippen MR) is 53.5 cm³/mol. The Morgan fingerprint density at radius 3 is 2.50 bits per heavy atom. The maximum Gasteiger partial charge on any atom is 0.325 e. The van der Waals surface area contributed by atoms with Crippen LogP contribution in [0, 0.1) is 5.41 Å². The van der Waals surface area contributed by atoms with Crippen LogP contribution in [-0.2, 0) is 14.3 Å². The van der Waals surface area contributed by atoms with E-state index in [1.807, 2.05) is 0 Å². The number of amides is 1. The lowest BCUT2D eigenvalue weighted by molar-refractivity contribution is -0.141. The minimum absolute atomic E-state index is 0.139. The van der Waals surface area contributed by atoms with Crippen LogP contribution in [-0.4, -0.2) is 30.5 Å². The Bertz CT molecular complexity index is 286. The largest absolute Gasteiger partial charge is 0.468 e. The molecular formula is C8H12N2O3S. The molecule has 1 aliphatic carbocycles. The summed E-state index contributed by atoms with van der Waals surface area (Å²) < 4.78 is 4.38. The van der Waals surface area contributed by atoms with Crippen molar-refractivity contribution in [2.24, 2.45) is 11.1 Å². The van der Waals surface area contributed by atoms with Gasteiger partial charge < -0.3 is 15.8 Å². The van der Waals surface area contributed by atoms with E-state index in [1.54, 1.807) is 0 Å². The van der Waals surface area contributed by atoms with Crippen LogP contribution >= 0.6 is 12.2 Å². The van der Waals surface area contributed by atoms with Crippen molar-refractivity contribution in [3.8, 4) is 0 Å². The van der Waals surface area contributed by atoms with Crippen molar-refractivity contribution in [2.75, 3.05) is 13.7 Å². The Hall–Kier alpha value is -1.17. The van der Waals surface area contributed by atoms with E-state index in [2.05, 4.69) is 10.1 Å². The monoisotopic (exact) mass is 216 g/mol.